The van der Waals surface area contributed by atoms with Gasteiger partial charge in [0.05, 0.1) is 60.6 Å². The first-order valence-electron chi connectivity index (χ1n) is 57.3. The van der Waals surface area contributed by atoms with Gasteiger partial charge in [0.25, 0.3) is 0 Å². The number of fused-ring (bicyclic) bond motifs is 40. The average Bonchev–Trinajstić information content (AvgIpc) is 1.66. The monoisotopic (exact) mass is 2110 g/mol. The van der Waals surface area contributed by atoms with E-state index >= 15 is 0 Å². The predicted molar refractivity (Wildman–Crippen MR) is 600 cm³/mol. The van der Waals surface area contributed by atoms with Gasteiger partial charge in [0.2, 0.25) is 12.4 Å². The van der Waals surface area contributed by atoms with Crippen molar-refractivity contribution >= 4 is 53.7 Å². The molecular formula is C130H228O20. The lowest BCUT2D eigenvalue weighted by Gasteiger charge is -2.59. The molecule has 26 rings (SSSR count). The number of carboxylic acids is 1. The van der Waals surface area contributed by atoms with Crippen molar-refractivity contribution in [3.63, 3.8) is 0 Å². The minimum atomic E-state index is -0.873. The number of rotatable bonds is 14. The smallest absolute Gasteiger partial charge is 0.347 e. The van der Waals surface area contributed by atoms with Gasteiger partial charge in [0.15, 0.2) is 6.29 Å². The van der Waals surface area contributed by atoms with E-state index in [0.29, 0.717) is 72.2 Å². The molecule has 0 aromatic rings. The fourth-order valence-electron chi connectivity index (χ4n) is 41.3. The second-order valence-corrected chi connectivity index (χ2v) is 55.8. The fourth-order valence-corrected chi connectivity index (χ4v) is 41.3. The number of ether oxygens (including phenoxy) is 10. The molecule has 2 saturated heterocycles. The van der Waals surface area contributed by atoms with Crippen molar-refractivity contribution in [1.29, 1.82) is 0 Å². The van der Waals surface area contributed by atoms with Crippen LogP contribution in [0, 0.1) is 308 Å². The third-order valence-corrected chi connectivity index (χ3v) is 47.3. The van der Waals surface area contributed by atoms with Gasteiger partial charge in [-0.3, -0.25) is 38.4 Å². The first-order valence-corrected chi connectivity index (χ1v) is 57.3. The first-order chi connectivity index (χ1) is 65.1. The Morgan fingerprint density at radius 2 is 0.633 bits per heavy atom. The van der Waals surface area contributed by atoms with Crippen LogP contribution in [0.2, 0.25) is 0 Å². The number of carbonyl (C=O) groups is 9. The van der Waals surface area contributed by atoms with Gasteiger partial charge in [-0.25, -0.2) is 4.79 Å². The van der Waals surface area contributed by atoms with E-state index in [0.717, 1.165) is 242 Å². The minimum absolute atomic E-state index is 0. The summed E-state index contributed by atoms with van der Waals surface area (Å²) in [6, 6.07) is 0. The number of carboxylic acid groups (broad SMARTS) is 1. The number of aliphatic carboxylic acids is 1. The molecule has 868 valence electrons. The van der Waals surface area contributed by atoms with Gasteiger partial charge in [0.1, 0.15) is 22.4 Å². The summed E-state index contributed by atoms with van der Waals surface area (Å²) in [5.74, 6) is 29.3. The van der Waals surface area contributed by atoms with Crippen LogP contribution < -0.4 is 0 Å². The SMILES string of the molecule is C.C.C.C.C.C.C.C.C.C.C.C.CC1C(C)C2CC1C(C(=O)OC1CCOC1=O)C2C(=O)OC(C)(C)C.CC1C(C)C2CC1C1C3CC(C(=O)OC(C)(C)C)C(C3)C21.CC1C(C)C2CC1C1C3CC(C(=O)OC(C)(C)C)C(C3)C21.CC1C(C)C2CC1C1C3CC(C(=O)OC4(C)C5CC6CC(C5)CC4C6)C(C3)C21.CC1C(C)C2CC1C1C3CC(C(=O)OC4CCCCO4)C(C3)C21.CCOC(C)OC(=O)C1C2CC(C(C)C2C)C1C(=O)O. The molecule has 150 heavy (non-hydrogen) atoms. The van der Waals surface area contributed by atoms with Gasteiger partial charge in [-0.1, -0.05) is 172 Å². The van der Waals surface area contributed by atoms with Crippen molar-refractivity contribution in [2.75, 3.05) is 19.8 Å². The van der Waals surface area contributed by atoms with Crippen LogP contribution in [0.3, 0.4) is 0 Å². The molecule has 20 nitrogen and oxygen atoms in total. The van der Waals surface area contributed by atoms with Crippen molar-refractivity contribution in [2.45, 2.75) is 444 Å². The van der Waals surface area contributed by atoms with E-state index in [9.17, 15) is 48.3 Å². The highest BCUT2D eigenvalue weighted by atomic mass is 16.7. The highest BCUT2D eigenvalue weighted by Crippen LogP contribution is 2.77. The van der Waals surface area contributed by atoms with E-state index in [2.05, 4.69) is 90.0 Å². The quantitative estimate of drug-likeness (QED) is 0.0733. The fraction of sp³-hybridized carbons (Fsp3) is 0.931. The van der Waals surface area contributed by atoms with E-state index in [1.807, 2.05) is 69.2 Å². The van der Waals surface area contributed by atoms with Crippen LogP contribution in [0.4, 0.5) is 0 Å². The van der Waals surface area contributed by atoms with Crippen LogP contribution in [0.25, 0.3) is 0 Å². The molecule has 0 aromatic heterocycles. The molecular weight excluding hydrogens is 1880 g/mol. The summed E-state index contributed by atoms with van der Waals surface area (Å²) < 4.78 is 55.7. The zero-order valence-electron chi connectivity index (χ0n) is 88.8. The molecule has 26 fully saturated rings. The summed E-state index contributed by atoms with van der Waals surface area (Å²) in [4.78, 5) is 113. The maximum absolute atomic E-state index is 13.6. The normalized spacial score (nSPS) is 48.1. The molecule has 0 aromatic carbocycles. The molecule has 24 bridgehead atoms. The third-order valence-electron chi connectivity index (χ3n) is 47.3. The molecule has 24 aliphatic carbocycles. The van der Waals surface area contributed by atoms with E-state index in [4.69, 9.17) is 47.4 Å². The van der Waals surface area contributed by atoms with Gasteiger partial charge < -0.3 is 52.5 Å². The van der Waals surface area contributed by atoms with E-state index in [-0.39, 0.29) is 196 Å². The van der Waals surface area contributed by atoms with Gasteiger partial charge in [-0.05, 0) is 478 Å². The van der Waals surface area contributed by atoms with Crippen molar-refractivity contribution in [1.82, 2.24) is 0 Å². The van der Waals surface area contributed by atoms with Crippen LogP contribution in [-0.2, 0) is 90.5 Å². The molecule has 1 N–H and O–H groups in total. The number of esters is 8. The summed E-state index contributed by atoms with van der Waals surface area (Å²) in [6.45, 7) is 53.0. The molecule has 51 atom stereocenters. The number of hydrogen-bond acceptors (Lipinski definition) is 19. The highest BCUT2D eigenvalue weighted by Gasteiger charge is 2.74. The topological polar surface area (TPSA) is 266 Å². The van der Waals surface area contributed by atoms with Crippen LogP contribution in [0.15, 0.2) is 0 Å². The van der Waals surface area contributed by atoms with Crippen LogP contribution in [0.5, 0.6) is 0 Å². The standard InChI is InChI=1S/C26H38O2.C20H30O3.C19H28O6.2C19H30O2.C15H24O5.12CH4/c1-12-13(2)20-11-19(12)23-16-9-21(24(20)23)22(10-16)25(27)28-26(3)17-5-14-4-15(7-17)8-18(26)6-14;1-10-11(2)14-9-13(10)18-12-7-15(19(14)18)16(8-12)20(21)23-17-5-3-4-6-22-17;1-9-10(2)12-8-11(9)14(15(12)18(22)25-19(3,4)5)17(21)24-13-6-7-23-16(13)20;2*1-9-10(2)13-8-12(9)16-11-6-14(17(13)16)15(7-11)18(20)21-19(3,4)5;1-5-19-9(4)20-15(18)13-11-6-10(7(2)8(11)3)12(13)14(16)17;;;;;;;;;;;;/h12-24H,4-11H2,1-3H3;10-19H,3-9H2,1-2H3;9-15H,6-8H2,1-5H3;2*9-17H,6-8H2,1-5H3;7-13H,5-6H2,1-4H3,(H,16,17);12*1H4. The van der Waals surface area contributed by atoms with Crippen molar-refractivity contribution in [2.24, 2.45) is 308 Å². The second-order valence-electron chi connectivity index (χ2n) is 55.8. The summed E-state index contributed by atoms with van der Waals surface area (Å²) in [6.07, 6.45) is 25.8. The molecule has 0 radical (unpaired) electrons. The summed E-state index contributed by atoms with van der Waals surface area (Å²) in [5.41, 5.74) is -1.41. The predicted octanol–water partition coefficient (Wildman–Crippen LogP) is 29.8. The largest absolute Gasteiger partial charge is 0.481 e. The maximum atomic E-state index is 13.6. The van der Waals surface area contributed by atoms with Crippen molar-refractivity contribution in [3.05, 3.63) is 0 Å². The average molecular weight is 2110 g/mol. The molecule has 51 unspecified atom stereocenters. The van der Waals surface area contributed by atoms with Gasteiger partial charge in [0, 0.05) is 19.4 Å². The number of carbonyl (C=O) groups excluding carboxylic acids is 8. The Kier molecular flexibility index (Phi) is 42.0. The third kappa shape index (κ3) is 22.3. The lowest BCUT2D eigenvalue weighted by atomic mass is 9.50. The molecule has 2 heterocycles. The highest BCUT2D eigenvalue weighted by molar-refractivity contribution is 5.87. The van der Waals surface area contributed by atoms with Gasteiger partial charge in [-0.15, -0.1) is 0 Å². The molecule has 26 aliphatic rings. The van der Waals surface area contributed by atoms with Crippen LogP contribution >= 0.6 is 0 Å². The Balaban J connectivity index is 0.000000216. The molecule has 2 aliphatic heterocycles. The Labute approximate surface area is 915 Å². The summed E-state index contributed by atoms with van der Waals surface area (Å²) in [5, 5.41) is 9.46. The lowest BCUT2D eigenvalue weighted by molar-refractivity contribution is -0.209. The summed E-state index contributed by atoms with van der Waals surface area (Å²) >= 11 is 0. The molecule has 0 spiro atoms. The zero-order chi connectivity index (χ0) is 98.4. The lowest BCUT2D eigenvalue weighted by Crippen LogP contribution is -2.58. The van der Waals surface area contributed by atoms with Crippen LogP contribution in [0.1, 0.15) is 403 Å². The van der Waals surface area contributed by atoms with Gasteiger partial charge >= 0.3 is 53.7 Å². The van der Waals surface area contributed by atoms with E-state index in [1.54, 1.807) is 6.92 Å². The van der Waals surface area contributed by atoms with Gasteiger partial charge in [-0.2, -0.15) is 0 Å². The second kappa shape index (κ2) is 48.4. The Morgan fingerprint density at radius 3 is 0.947 bits per heavy atom. The van der Waals surface area contributed by atoms with E-state index in [1.165, 1.54) is 83.5 Å². The zero-order valence-corrected chi connectivity index (χ0v) is 88.8. The number of cyclic esters (lactones) is 1. The summed E-state index contributed by atoms with van der Waals surface area (Å²) in [7, 11) is 0. The Hall–Kier alpha value is -4.85. The Bertz CT molecular complexity index is 4430. The maximum Gasteiger partial charge on any atom is 0.347 e. The molecule has 0 amide bonds. The molecule has 20 heteroatoms. The van der Waals surface area contributed by atoms with E-state index < -0.39 is 65.5 Å². The van der Waals surface area contributed by atoms with Crippen molar-refractivity contribution < 1.29 is 95.6 Å². The minimum Gasteiger partial charge on any atom is -0.481 e. The van der Waals surface area contributed by atoms with Crippen molar-refractivity contribution in [3.8, 4) is 0 Å². The number of hydrogen-bond donors (Lipinski definition) is 1. The van der Waals surface area contributed by atoms with Crippen LogP contribution in [-0.4, -0.2) is 120 Å². The first kappa shape index (κ1) is 130. The Morgan fingerprint density at radius 1 is 0.333 bits per heavy atom. The molecule has 24 saturated carbocycles.